The molecule has 0 atom stereocenters. The molecule has 1 saturated heterocycles. The van der Waals surface area contributed by atoms with Crippen molar-refractivity contribution >= 4 is 11.9 Å². The van der Waals surface area contributed by atoms with Gasteiger partial charge in [0.15, 0.2) is 0 Å². The number of nitrogens with one attached hydrogen (secondary N) is 1. The minimum Gasteiger partial charge on any atom is -0.352 e. The molecule has 6 heteroatoms. The second kappa shape index (κ2) is 8.05. The molecule has 1 aromatic heterocycles. The van der Waals surface area contributed by atoms with Crippen molar-refractivity contribution in [2.45, 2.75) is 32.6 Å². The zero-order valence-electron chi connectivity index (χ0n) is 14.5. The Hall–Kier alpha value is -2.50. The topological polar surface area (TPSA) is 58.1 Å². The van der Waals surface area contributed by atoms with Gasteiger partial charge in [-0.3, -0.25) is 4.79 Å². The van der Waals surface area contributed by atoms with E-state index in [1.165, 1.54) is 25.0 Å². The molecule has 1 amide bonds. The summed E-state index contributed by atoms with van der Waals surface area (Å²) in [4.78, 5) is 23.3. The van der Waals surface area contributed by atoms with Crippen LogP contribution in [0.25, 0.3) is 0 Å². The molecule has 0 bridgehead atoms. The molecule has 1 aromatic carbocycles. The number of carbonyl (C=O) groups is 1. The smallest absolute Gasteiger partial charge is 0.254 e. The largest absolute Gasteiger partial charge is 0.352 e. The van der Waals surface area contributed by atoms with Crippen LogP contribution in [-0.2, 0) is 6.42 Å². The van der Waals surface area contributed by atoms with Gasteiger partial charge in [0, 0.05) is 25.8 Å². The Bertz CT molecular complexity index is 727. The average molecular weight is 342 g/mol. The summed E-state index contributed by atoms with van der Waals surface area (Å²) in [6.07, 6.45) is 5.54. The van der Waals surface area contributed by atoms with Gasteiger partial charge in [0.1, 0.15) is 5.82 Å². The number of carbonyl (C=O) groups excluding carboxylic acids is 1. The molecular formula is C19H23FN4O. The minimum atomic E-state index is -0.232. The van der Waals surface area contributed by atoms with E-state index in [1.807, 2.05) is 6.92 Å². The van der Waals surface area contributed by atoms with Crippen molar-refractivity contribution in [2.24, 2.45) is 0 Å². The van der Waals surface area contributed by atoms with Crippen molar-refractivity contribution < 1.29 is 9.18 Å². The fourth-order valence-corrected chi connectivity index (χ4v) is 2.99. The summed E-state index contributed by atoms with van der Waals surface area (Å²) >= 11 is 0. The number of rotatable bonds is 6. The summed E-state index contributed by atoms with van der Waals surface area (Å²) in [7, 11) is 0. The van der Waals surface area contributed by atoms with Crippen molar-refractivity contribution in [1.82, 2.24) is 15.3 Å². The number of nitrogens with zero attached hydrogens (tertiary/aromatic N) is 3. The van der Waals surface area contributed by atoms with Crippen LogP contribution < -0.4 is 10.2 Å². The summed E-state index contributed by atoms with van der Waals surface area (Å²) in [6.45, 7) is 4.36. The SMILES string of the molecule is Cc1nc(N2CCCC2)ncc1C(=O)NCCCc1ccc(F)cc1. The predicted molar refractivity (Wildman–Crippen MR) is 95.3 cm³/mol. The second-order valence-electron chi connectivity index (χ2n) is 6.35. The maximum Gasteiger partial charge on any atom is 0.254 e. The summed E-state index contributed by atoms with van der Waals surface area (Å²) in [5.74, 6) is 0.331. The third-order valence-electron chi connectivity index (χ3n) is 4.44. The highest BCUT2D eigenvalue weighted by molar-refractivity contribution is 5.94. The fraction of sp³-hybridized carbons (Fsp3) is 0.421. The Kier molecular flexibility index (Phi) is 5.58. The first kappa shape index (κ1) is 17.3. The first-order chi connectivity index (χ1) is 12.1. The maximum absolute atomic E-state index is 12.9. The van der Waals surface area contributed by atoms with Gasteiger partial charge in [-0.1, -0.05) is 12.1 Å². The van der Waals surface area contributed by atoms with Crippen molar-refractivity contribution in [2.75, 3.05) is 24.5 Å². The second-order valence-corrected chi connectivity index (χ2v) is 6.35. The zero-order chi connectivity index (χ0) is 17.6. The van der Waals surface area contributed by atoms with Crippen LogP contribution in [0.5, 0.6) is 0 Å². The molecule has 3 rings (SSSR count). The molecule has 1 aliphatic rings. The molecule has 0 saturated carbocycles. The van der Waals surface area contributed by atoms with E-state index in [9.17, 15) is 9.18 Å². The number of benzene rings is 1. The summed E-state index contributed by atoms with van der Waals surface area (Å²) in [5, 5.41) is 2.90. The van der Waals surface area contributed by atoms with Crippen LogP contribution in [0.1, 0.15) is 40.9 Å². The number of amides is 1. The van der Waals surface area contributed by atoms with Gasteiger partial charge < -0.3 is 10.2 Å². The number of hydrogen-bond donors (Lipinski definition) is 1. The number of aryl methyl sites for hydroxylation is 2. The third-order valence-corrected chi connectivity index (χ3v) is 4.44. The number of halogens is 1. The number of aromatic nitrogens is 2. The molecule has 0 unspecified atom stereocenters. The minimum absolute atomic E-state index is 0.149. The normalized spacial score (nSPS) is 13.9. The lowest BCUT2D eigenvalue weighted by Crippen LogP contribution is -2.27. The van der Waals surface area contributed by atoms with Gasteiger partial charge in [0.2, 0.25) is 5.95 Å². The first-order valence-electron chi connectivity index (χ1n) is 8.75. The van der Waals surface area contributed by atoms with Crippen molar-refractivity contribution in [1.29, 1.82) is 0 Å². The van der Waals surface area contributed by atoms with Crippen LogP contribution in [0.3, 0.4) is 0 Å². The van der Waals surface area contributed by atoms with E-state index in [1.54, 1.807) is 18.3 Å². The Labute approximate surface area is 147 Å². The van der Waals surface area contributed by atoms with Gasteiger partial charge in [0.25, 0.3) is 5.91 Å². The first-order valence-corrected chi connectivity index (χ1v) is 8.75. The van der Waals surface area contributed by atoms with Gasteiger partial charge in [-0.05, 0) is 50.3 Å². The van der Waals surface area contributed by atoms with Crippen LogP contribution in [0.4, 0.5) is 10.3 Å². The van der Waals surface area contributed by atoms with Crippen LogP contribution in [0, 0.1) is 12.7 Å². The monoisotopic (exact) mass is 342 g/mol. The van der Waals surface area contributed by atoms with Crippen molar-refractivity contribution in [3.63, 3.8) is 0 Å². The lowest BCUT2D eigenvalue weighted by Gasteiger charge is -2.16. The summed E-state index contributed by atoms with van der Waals surface area (Å²) in [5.41, 5.74) is 2.28. The molecule has 2 heterocycles. The summed E-state index contributed by atoms with van der Waals surface area (Å²) in [6, 6.07) is 6.45. The van der Waals surface area contributed by atoms with Gasteiger partial charge in [-0.25, -0.2) is 14.4 Å². The fourth-order valence-electron chi connectivity index (χ4n) is 2.99. The van der Waals surface area contributed by atoms with E-state index in [0.29, 0.717) is 23.8 Å². The van der Waals surface area contributed by atoms with Crippen LogP contribution >= 0.6 is 0 Å². The van der Waals surface area contributed by atoms with Crippen LogP contribution in [-0.4, -0.2) is 35.5 Å². The van der Waals surface area contributed by atoms with E-state index < -0.39 is 0 Å². The van der Waals surface area contributed by atoms with E-state index >= 15 is 0 Å². The van der Waals surface area contributed by atoms with Crippen molar-refractivity contribution in [3.8, 4) is 0 Å². The molecule has 25 heavy (non-hydrogen) atoms. The average Bonchev–Trinajstić information content (AvgIpc) is 3.14. The lowest BCUT2D eigenvalue weighted by molar-refractivity contribution is 0.0952. The Morgan fingerprint density at radius 3 is 2.64 bits per heavy atom. The third kappa shape index (κ3) is 4.53. The number of hydrogen-bond acceptors (Lipinski definition) is 4. The van der Waals surface area contributed by atoms with Crippen LogP contribution in [0.15, 0.2) is 30.5 Å². The highest BCUT2D eigenvalue weighted by atomic mass is 19.1. The molecule has 132 valence electrons. The highest BCUT2D eigenvalue weighted by Gasteiger charge is 2.17. The quantitative estimate of drug-likeness (QED) is 0.820. The Morgan fingerprint density at radius 2 is 1.96 bits per heavy atom. The van der Waals surface area contributed by atoms with Gasteiger partial charge in [0.05, 0.1) is 11.3 Å². The molecule has 1 fully saturated rings. The van der Waals surface area contributed by atoms with E-state index in [-0.39, 0.29) is 11.7 Å². The standard InChI is InChI=1S/C19H23FN4O/c1-14-17(13-22-19(23-14)24-11-2-3-12-24)18(25)21-10-4-5-15-6-8-16(20)9-7-15/h6-9,13H,2-5,10-12H2,1H3,(H,21,25). The lowest BCUT2D eigenvalue weighted by atomic mass is 10.1. The molecule has 0 radical (unpaired) electrons. The van der Waals surface area contributed by atoms with E-state index in [0.717, 1.165) is 31.5 Å². The number of anilines is 1. The Morgan fingerprint density at radius 1 is 1.24 bits per heavy atom. The molecule has 0 spiro atoms. The van der Waals surface area contributed by atoms with E-state index in [2.05, 4.69) is 20.2 Å². The van der Waals surface area contributed by atoms with E-state index in [4.69, 9.17) is 0 Å². The van der Waals surface area contributed by atoms with Gasteiger partial charge in [-0.2, -0.15) is 0 Å². The van der Waals surface area contributed by atoms with Gasteiger partial charge in [-0.15, -0.1) is 0 Å². The van der Waals surface area contributed by atoms with Crippen LogP contribution in [0.2, 0.25) is 0 Å². The molecule has 5 nitrogen and oxygen atoms in total. The molecule has 0 aliphatic carbocycles. The Balaban J connectivity index is 1.50. The maximum atomic E-state index is 12.9. The molecule has 1 N–H and O–H groups in total. The van der Waals surface area contributed by atoms with Gasteiger partial charge >= 0.3 is 0 Å². The molecular weight excluding hydrogens is 319 g/mol. The van der Waals surface area contributed by atoms with Crippen molar-refractivity contribution in [3.05, 3.63) is 53.1 Å². The highest BCUT2D eigenvalue weighted by Crippen LogP contribution is 2.16. The molecule has 1 aliphatic heterocycles. The predicted octanol–water partition coefficient (Wildman–Crippen LogP) is 2.89. The zero-order valence-corrected chi connectivity index (χ0v) is 14.5. The molecule has 2 aromatic rings. The summed E-state index contributed by atoms with van der Waals surface area (Å²) < 4.78 is 12.9.